The van der Waals surface area contributed by atoms with Gasteiger partial charge < -0.3 is 40.0 Å². The van der Waals surface area contributed by atoms with Crippen LogP contribution in [0.4, 0.5) is 5.69 Å². The average Bonchev–Trinajstić information content (AvgIpc) is 3.39. The number of nitrogens with two attached hydrogens (primary N) is 1. The molecule has 5 aliphatic carbocycles. The summed E-state index contributed by atoms with van der Waals surface area (Å²) in [5, 5.41) is 38.2. The molecular weight excluding hydrogens is 528 g/mol. The highest BCUT2D eigenvalue weighted by atomic mass is 16.5. The summed E-state index contributed by atoms with van der Waals surface area (Å²) in [6, 6.07) is 6.34. The number of carbonyl (C=O) groups is 1. The molecule has 1 aliphatic heterocycles. The maximum absolute atomic E-state index is 13.3. The average molecular weight is 573 g/mol. The molecule has 5 saturated carbocycles. The number of para-hydroxylation sites is 1. The lowest BCUT2D eigenvalue weighted by atomic mass is 9.42. The normalized spacial score (nSPS) is 51.0. The smallest absolute Gasteiger partial charge is 0.340 e. The Bertz CT molecular complexity index is 1230. The molecule has 13 atom stereocenters. The Kier molecular flexibility index (Phi) is 6.22. The summed E-state index contributed by atoms with van der Waals surface area (Å²) in [5.41, 5.74) is 2.12. The van der Waals surface area contributed by atoms with Crippen LogP contribution in [0.2, 0.25) is 0 Å². The summed E-state index contributed by atoms with van der Waals surface area (Å²) in [4.78, 5) is 15.5. The molecule has 1 saturated heterocycles. The van der Waals surface area contributed by atoms with E-state index in [0.29, 0.717) is 43.6 Å². The molecule has 1 aromatic carbocycles. The molecule has 0 radical (unpaired) electrons. The van der Waals surface area contributed by atoms with Gasteiger partial charge in [-0.25, -0.2) is 4.79 Å². The molecule has 226 valence electrons. The highest BCUT2D eigenvalue weighted by molar-refractivity contribution is 5.95. The van der Waals surface area contributed by atoms with Crippen molar-refractivity contribution in [1.29, 1.82) is 0 Å². The van der Waals surface area contributed by atoms with Crippen LogP contribution in [0.3, 0.4) is 0 Å². The van der Waals surface area contributed by atoms with E-state index in [2.05, 4.69) is 4.90 Å². The first-order valence-corrected chi connectivity index (χ1v) is 15.1. The number of fused-ring (bicyclic) bond motifs is 2. The number of rotatable bonds is 7. The van der Waals surface area contributed by atoms with Gasteiger partial charge in [-0.1, -0.05) is 19.1 Å². The van der Waals surface area contributed by atoms with Crippen LogP contribution in [0, 0.1) is 34.5 Å². The molecule has 6 fully saturated rings. The second-order valence-electron chi connectivity index (χ2n) is 13.6. The molecule has 7 rings (SSSR count). The Morgan fingerprint density at radius 1 is 1.15 bits per heavy atom. The van der Waals surface area contributed by atoms with Crippen molar-refractivity contribution >= 4 is 11.7 Å². The minimum atomic E-state index is -1.70. The van der Waals surface area contributed by atoms with Crippen molar-refractivity contribution in [3.63, 3.8) is 0 Å². The molecule has 1 heterocycles. The Labute approximate surface area is 241 Å². The van der Waals surface area contributed by atoms with E-state index in [9.17, 15) is 20.1 Å². The third-order valence-corrected chi connectivity index (χ3v) is 12.7. The van der Waals surface area contributed by atoms with Gasteiger partial charge in [-0.3, -0.25) is 4.90 Å². The van der Waals surface area contributed by atoms with E-state index >= 15 is 0 Å². The fraction of sp³-hybridized carbons (Fsp3) is 0.774. The number of ether oxygens (including phenoxy) is 4. The number of aliphatic hydroxyl groups is 3. The number of likely N-dealkylation sites (tertiary alicyclic amines) is 1. The molecule has 41 heavy (non-hydrogen) atoms. The number of carbonyl (C=O) groups excluding carboxylic acids is 1. The maximum atomic E-state index is 13.3. The maximum Gasteiger partial charge on any atom is 0.340 e. The first kappa shape index (κ1) is 28.0. The molecule has 10 heteroatoms. The fourth-order valence-corrected chi connectivity index (χ4v) is 11.7. The summed E-state index contributed by atoms with van der Waals surface area (Å²) in [7, 11) is 4.91. The van der Waals surface area contributed by atoms with Crippen molar-refractivity contribution in [2.75, 3.05) is 46.8 Å². The predicted octanol–water partition coefficient (Wildman–Crippen LogP) is 1.06. The Balaban J connectivity index is 1.39. The predicted molar refractivity (Wildman–Crippen MR) is 148 cm³/mol. The molecule has 0 amide bonds. The van der Waals surface area contributed by atoms with Crippen molar-refractivity contribution in [2.24, 2.45) is 34.5 Å². The van der Waals surface area contributed by atoms with Crippen LogP contribution in [0.5, 0.6) is 0 Å². The minimum Gasteiger partial charge on any atom is -0.461 e. The third kappa shape index (κ3) is 3.05. The monoisotopic (exact) mass is 572 g/mol. The van der Waals surface area contributed by atoms with Gasteiger partial charge in [0.15, 0.2) is 0 Å². The van der Waals surface area contributed by atoms with E-state index in [1.807, 2.05) is 6.92 Å². The van der Waals surface area contributed by atoms with E-state index in [1.165, 1.54) is 0 Å². The van der Waals surface area contributed by atoms with Crippen molar-refractivity contribution in [3.05, 3.63) is 29.8 Å². The fourth-order valence-electron chi connectivity index (χ4n) is 11.7. The third-order valence-electron chi connectivity index (χ3n) is 12.7. The van der Waals surface area contributed by atoms with E-state index in [-0.39, 0.29) is 48.9 Å². The lowest BCUT2D eigenvalue weighted by Gasteiger charge is -2.69. The van der Waals surface area contributed by atoms with E-state index in [0.717, 1.165) is 0 Å². The summed E-state index contributed by atoms with van der Waals surface area (Å²) in [6.45, 7) is 3.31. The van der Waals surface area contributed by atoms with Gasteiger partial charge in [-0.15, -0.1) is 0 Å². The number of nitrogens with zero attached hydrogens (tertiary/aromatic N) is 1. The Morgan fingerprint density at radius 3 is 2.56 bits per heavy atom. The van der Waals surface area contributed by atoms with Crippen LogP contribution in [0.25, 0.3) is 0 Å². The summed E-state index contributed by atoms with van der Waals surface area (Å²) < 4.78 is 24.4. The van der Waals surface area contributed by atoms with Crippen molar-refractivity contribution in [2.45, 2.75) is 74.3 Å². The quantitative estimate of drug-likeness (QED) is 0.277. The second-order valence-corrected chi connectivity index (χ2v) is 13.6. The lowest BCUT2D eigenvalue weighted by molar-refractivity contribution is -0.318. The van der Waals surface area contributed by atoms with Crippen LogP contribution >= 0.6 is 0 Å². The minimum absolute atomic E-state index is 0.0387. The van der Waals surface area contributed by atoms with Crippen molar-refractivity contribution in [1.82, 2.24) is 4.90 Å². The first-order valence-electron chi connectivity index (χ1n) is 15.1. The van der Waals surface area contributed by atoms with Gasteiger partial charge in [-0.2, -0.15) is 0 Å². The van der Waals surface area contributed by atoms with Gasteiger partial charge in [0.2, 0.25) is 0 Å². The van der Waals surface area contributed by atoms with Crippen LogP contribution in [-0.2, 0) is 18.9 Å². The number of likely N-dealkylation sites (N-methyl/N-ethyl adjacent to an activating group) is 1. The number of anilines is 1. The number of hydrogen-bond donors (Lipinski definition) is 4. The Morgan fingerprint density at radius 2 is 1.90 bits per heavy atom. The second kappa shape index (κ2) is 9.11. The first-order chi connectivity index (χ1) is 19.6. The van der Waals surface area contributed by atoms with Crippen molar-refractivity contribution in [3.8, 4) is 0 Å². The molecule has 1 aromatic rings. The van der Waals surface area contributed by atoms with Crippen LogP contribution < -0.4 is 5.73 Å². The molecule has 1 spiro atoms. The molecule has 13 unspecified atom stereocenters. The molecule has 5 N–H and O–H groups in total. The van der Waals surface area contributed by atoms with Gasteiger partial charge in [0.05, 0.1) is 42.6 Å². The van der Waals surface area contributed by atoms with Crippen molar-refractivity contribution < 1.29 is 39.1 Å². The van der Waals surface area contributed by atoms with Crippen LogP contribution in [0.1, 0.15) is 43.0 Å². The summed E-state index contributed by atoms with van der Waals surface area (Å²) in [5.74, 6) is -1.32. The lowest BCUT2D eigenvalue weighted by Crippen LogP contribution is -2.82. The van der Waals surface area contributed by atoms with Gasteiger partial charge in [0.25, 0.3) is 0 Å². The van der Waals surface area contributed by atoms with Crippen LogP contribution in [0.15, 0.2) is 24.3 Å². The highest BCUT2D eigenvalue weighted by Gasteiger charge is 2.91. The Hall–Kier alpha value is -1.79. The van der Waals surface area contributed by atoms with E-state index in [1.54, 1.807) is 45.6 Å². The number of piperidine rings is 1. The molecule has 7 bridgehead atoms. The highest BCUT2D eigenvalue weighted by Crippen LogP contribution is 2.80. The number of aliphatic hydroxyl groups excluding tert-OH is 1. The number of nitrogen functional groups attached to an aromatic ring is 1. The van der Waals surface area contributed by atoms with Gasteiger partial charge in [0, 0.05) is 68.6 Å². The largest absolute Gasteiger partial charge is 0.461 e. The molecule has 10 nitrogen and oxygen atoms in total. The van der Waals surface area contributed by atoms with Gasteiger partial charge >= 0.3 is 5.97 Å². The number of methoxy groups -OCH3 is 3. The SMILES string of the molecule is CCN1CC2(COC(=O)c3ccccc3N)CCC(O)C34C5CC6C(OC)CC(O)(C5C6OC)C(O)(C(OC)C23)C14. The summed E-state index contributed by atoms with van der Waals surface area (Å²) in [6.07, 6.45) is -0.0175. The zero-order chi connectivity index (χ0) is 29.1. The van der Waals surface area contributed by atoms with Gasteiger partial charge in [0.1, 0.15) is 11.2 Å². The van der Waals surface area contributed by atoms with Gasteiger partial charge in [-0.05, 0) is 43.9 Å². The standard InChI is InChI=1S/C31H44N2O8/c1-5-33-14-28(15-41-26(35)16-8-6-7-9-19(16)32)11-10-21(34)30-18-12-17-20(38-2)13-29(36,22(18)23(17)39-3)31(37,27(30)33)25(40-4)24(28)30/h6-9,17-18,20-25,27,34,36-37H,5,10-15,32H2,1-4H3. The molecule has 6 aliphatic rings. The zero-order valence-electron chi connectivity index (χ0n) is 24.4. The topological polar surface area (TPSA) is 144 Å². The number of benzene rings is 1. The molecular formula is C31H44N2O8. The number of hydrogen-bond acceptors (Lipinski definition) is 10. The van der Waals surface area contributed by atoms with E-state index in [4.69, 9.17) is 24.7 Å². The number of esters is 1. The molecule has 0 aromatic heterocycles. The zero-order valence-corrected chi connectivity index (χ0v) is 24.4. The van der Waals surface area contributed by atoms with Crippen LogP contribution in [-0.4, -0.2) is 109 Å². The summed E-state index contributed by atoms with van der Waals surface area (Å²) >= 11 is 0. The van der Waals surface area contributed by atoms with E-state index < -0.39 is 46.3 Å².